The molecule has 0 radical (unpaired) electrons. The standard InChI is InChI=1S/4C2HCl3O2.CH3O3P.2Al/c4*3-2(4,5)1(6)7;1-5(2,3)4;;/h4*(H,6,7);1H,(H2,2,3,4);;/q;;;;;2*+2/p-4. The topological polar surface area (TPSA) is 163 Å². The second-order valence-corrected chi connectivity index (χ2v) is 22.1. The molecule has 0 unspecified atom stereocenters. The highest BCUT2D eigenvalue weighted by atomic mass is 35.6. The minimum Gasteiger partial charge on any atom is -0.582 e. The smallest absolute Gasteiger partial charge is 0.582 e. The maximum Gasteiger partial charge on any atom is 0.870 e. The van der Waals surface area contributed by atoms with Gasteiger partial charge in [-0.2, -0.15) is 0 Å². The summed E-state index contributed by atoms with van der Waals surface area (Å²) >= 11 is 54.5. The van der Waals surface area contributed by atoms with E-state index in [4.69, 9.17) is 139 Å². The van der Waals surface area contributed by atoms with Crippen LogP contribution in [-0.2, 0) is 38.9 Å². The zero-order valence-corrected chi connectivity index (χ0v) is 27.6. The fourth-order valence-corrected chi connectivity index (χ4v) is 10.3. The monoisotopic (exact) mass is 792 g/mol. The molecule has 0 fully saturated rings. The van der Waals surface area contributed by atoms with E-state index in [0.29, 0.717) is 0 Å². The SMILES string of the molecule is O=C([O][Al]([O]C(=O)C(Cl)(Cl)Cl)[CH]([Al]([O]C(=O)C(Cl)(Cl)Cl)[O]C(=O)C(Cl)(Cl)Cl)P(=O)(O)O)C(Cl)(Cl)Cl. The van der Waals surface area contributed by atoms with E-state index in [1.54, 1.807) is 0 Å². The van der Waals surface area contributed by atoms with Gasteiger partial charge in [0.25, 0.3) is 15.2 Å². The Morgan fingerprint density at radius 2 is 0.714 bits per heavy atom. The van der Waals surface area contributed by atoms with Gasteiger partial charge in [0.1, 0.15) is 3.38 Å². The average Bonchev–Trinajstić information content (AvgIpc) is 2.56. The van der Waals surface area contributed by atoms with Crippen molar-refractivity contribution in [3.8, 4) is 0 Å². The second kappa shape index (κ2) is 14.0. The molecule has 0 saturated heterocycles. The fraction of sp³-hybridized carbons (Fsp3) is 0.556. The van der Waals surface area contributed by atoms with Crippen LogP contribution in [0.1, 0.15) is 0 Å². The number of carbonyl (C=O) groups excluding carboxylic acids is 4. The maximum atomic E-state index is 12.3. The molecule has 0 heterocycles. The van der Waals surface area contributed by atoms with Gasteiger partial charge in [0, 0.05) is 0 Å². The predicted octanol–water partition coefficient (Wildman–Crippen LogP) is 4.24. The largest absolute Gasteiger partial charge is 0.870 e. The Bertz CT molecular complexity index is 759. The molecule has 0 bridgehead atoms. The Labute approximate surface area is 264 Å². The van der Waals surface area contributed by atoms with Crippen molar-refractivity contribution in [3.05, 3.63) is 0 Å². The lowest BCUT2D eigenvalue weighted by atomic mass is 10.8. The van der Waals surface area contributed by atoms with Gasteiger partial charge >= 0.3 is 61.1 Å². The maximum absolute atomic E-state index is 12.3. The van der Waals surface area contributed by atoms with Crippen LogP contribution in [0.4, 0.5) is 0 Å². The van der Waals surface area contributed by atoms with E-state index in [1.165, 1.54) is 0 Å². The summed E-state index contributed by atoms with van der Waals surface area (Å²) in [5.41, 5.74) is 0. The van der Waals surface area contributed by atoms with Gasteiger partial charge in [0.05, 0.1) is 0 Å². The van der Waals surface area contributed by atoms with E-state index >= 15 is 0 Å². The Hall–Kier alpha value is 2.57. The summed E-state index contributed by atoms with van der Waals surface area (Å²) in [6.07, 6.45) is 0. The summed E-state index contributed by atoms with van der Waals surface area (Å²) in [6, 6.07) is 0. The van der Waals surface area contributed by atoms with Gasteiger partial charge in [-0.25, -0.2) is 0 Å². The molecular formula is C9H3Al2Cl12O11P. The van der Waals surface area contributed by atoms with E-state index < -0.39 is 79.7 Å². The van der Waals surface area contributed by atoms with Gasteiger partial charge in [0.2, 0.25) is 0 Å². The Balaban J connectivity index is 6.82. The van der Waals surface area contributed by atoms with Crippen LogP contribution in [0.25, 0.3) is 0 Å². The van der Waals surface area contributed by atoms with Gasteiger partial charge in [-0.1, -0.05) is 139 Å². The Morgan fingerprint density at radius 1 is 0.543 bits per heavy atom. The molecule has 0 saturated carbocycles. The third-order valence-electron chi connectivity index (χ3n) is 2.76. The molecule has 0 rings (SSSR count). The van der Waals surface area contributed by atoms with Crippen molar-refractivity contribution in [2.75, 3.05) is 0 Å². The molecule has 2 N–H and O–H groups in total. The zero-order valence-electron chi connectivity index (χ0n) is 15.3. The first-order valence-corrected chi connectivity index (χ1v) is 16.8. The molecule has 0 aliphatic heterocycles. The van der Waals surface area contributed by atoms with Gasteiger partial charge in [-0.3, -0.25) is 23.7 Å². The number of rotatable bonds is 7. The molecule has 0 atom stereocenters. The van der Waals surface area contributed by atoms with Crippen molar-refractivity contribution in [1.82, 2.24) is 0 Å². The summed E-state index contributed by atoms with van der Waals surface area (Å²) in [4.78, 5) is 68.1. The van der Waals surface area contributed by atoms with E-state index in [2.05, 4.69) is 15.2 Å². The molecule has 0 aliphatic carbocycles. The molecule has 200 valence electrons. The highest BCUT2D eigenvalue weighted by molar-refractivity contribution is 7.58. The molecule has 0 spiro atoms. The van der Waals surface area contributed by atoms with Crippen LogP contribution >= 0.6 is 147 Å². The number of halogens is 12. The van der Waals surface area contributed by atoms with Crippen LogP contribution in [0, 0.1) is 0 Å². The zero-order chi connectivity index (χ0) is 28.4. The predicted molar refractivity (Wildman–Crippen MR) is 133 cm³/mol. The van der Waals surface area contributed by atoms with Crippen LogP contribution in [-0.4, -0.2) is 81.8 Å². The van der Waals surface area contributed by atoms with Crippen LogP contribution in [0.5, 0.6) is 0 Å². The van der Waals surface area contributed by atoms with Crippen LogP contribution in [0.3, 0.4) is 0 Å². The van der Waals surface area contributed by atoms with Crippen LogP contribution in [0.2, 0.25) is 0 Å². The van der Waals surface area contributed by atoms with E-state index in [1.807, 2.05) is 0 Å². The fourth-order valence-electron chi connectivity index (χ4n) is 1.46. The van der Waals surface area contributed by atoms with Crippen molar-refractivity contribution in [2.45, 2.75) is 18.6 Å². The Kier molecular flexibility index (Phi) is 15.0. The minimum absolute atomic E-state index is 1.87. The molecule has 35 heavy (non-hydrogen) atoms. The number of alkyl halides is 12. The lowest BCUT2D eigenvalue weighted by molar-refractivity contribution is -0.140. The van der Waals surface area contributed by atoms with Gasteiger partial charge in [-0.05, 0) is 0 Å². The first-order chi connectivity index (χ1) is 15.2. The molecule has 26 heteroatoms. The van der Waals surface area contributed by atoms with E-state index in [0.717, 1.165) is 0 Å². The second-order valence-electron chi connectivity index (χ2n) is 5.43. The number of hydrogen-bond acceptors (Lipinski definition) is 9. The quantitative estimate of drug-likeness (QED) is 0.215. The minimum atomic E-state index is -5.82. The number of hydrogen-bond donors (Lipinski definition) is 2. The van der Waals surface area contributed by atoms with Crippen LogP contribution in [0.15, 0.2) is 0 Å². The normalized spacial score (nSPS) is 13.1. The first-order valence-electron chi connectivity index (χ1n) is 7.35. The molecular weight excluding hydrogens is 794 g/mol. The van der Waals surface area contributed by atoms with Gasteiger partial charge in [0.15, 0.2) is 0 Å². The molecule has 0 aromatic carbocycles. The molecule has 0 amide bonds. The van der Waals surface area contributed by atoms with Crippen molar-refractivity contribution >= 4 is 200 Å². The van der Waals surface area contributed by atoms with Gasteiger partial charge < -0.3 is 24.9 Å². The van der Waals surface area contributed by atoms with Crippen LogP contribution < -0.4 is 0 Å². The van der Waals surface area contributed by atoms with Crippen molar-refractivity contribution in [2.24, 2.45) is 0 Å². The molecule has 0 aromatic heterocycles. The molecule has 0 aromatic rings. The lowest BCUT2D eigenvalue weighted by Gasteiger charge is -2.27. The summed E-state index contributed by atoms with van der Waals surface area (Å²) in [6.45, 7) is 0. The highest BCUT2D eigenvalue weighted by Crippen LogP contribution is 2.46. The average molecular weight is 797 g/mol. The van der Waals surface area contributed by atoms with Crippen molar-refractivity contribution < 1.29 is 48.7 Å². The van der Waals surface area contributed by atoms with E-state index in [9.17, 15) is 33.5 Å². The summed E-state index contributed by atoms with van der Waals surface area (Å²) in [5.74, 6) is -7.49. The molecule has 0 aliphatic rings. The lowest BCUT2D eigenvalue weighted by Crippen LogP contribution is -2.56. The summed E-state index contributed by atoms with van der Waals surface area (Å²) in [7, 11) is -5.82. The van der Waals surface area contributed by atoms with Crippen molar-refractivity contribution in [1.29, 1.82) is 0 Å². The summed E-state index contributed by atoms with van der Waals surface area (Å²) in [5, 5.41) is 0. The van der Waals surface area contributed by atoms with E-state index in [-0.39, 0.29) is 0 Å². The Morgan fingerprint density at radius 3 is 0.829 bits per heavy atom. The first kappa shape index (κ1) is 37.6. The third kappa shape index (κ3) is 13.7. The molecule has 11 nitrogen and oxygen atoms in total. The number of carbonyl (C=O) groups is 4. The highest BCUT2D eigenvalue weighted by Gasteiger charge is 2.71. The van der Waals surface area contributed by atoms with Gasteiger partial charge in [-0.15, -0.1) is 0 Å². The third-order valence-corrected chi connectivity index (χ3v) is 14.0. The van der Waals surface area contributed by atoms with Crippen molar-refractivity contribution in [3.63, 3.8) is 0 Å². The summed E-state index contributed by atoms with van der Waals surface area (Å²) < 4.78 is 16.4.